The molecule has 0 bridgehead atoms. The molecule has 78 valence electrons. The van der Waals surface area contributed by atoms with Crippen LogP contribution in [0.1, 0.15) is 11.1 Å². The van der Waals surface area contributed by atoms with E-state index in [0.717, 1.165) is 13.0 Å². The first-order valence-electron chi connectivity index (χ1n) is 4.99. The van der Waals surface area contributed by atoms with E-state index in [1.54, 1.807) is 4.90 Å². The fraction of sp³-hybridized carbons (Fsp3) is 0.250. The molecule has 0 heterocycles. The molecule has 15 heavy (non-hydrogen) atoms. The first kappa shape index (κ1) is 9.77. The predicted octanol–water partition coefficient (Wildman–Crippen LogP) is 1.45. The van der Waals surface area contributed by atoms with Crippen molar-refractivity contribution >= 4 is 12.0 Å². The Morgan fingerprint density at radius 3 is 2.87 bits per heavy atom. The molecule has 0 atom stereocenters. The summed E-state index contributed by atoms with van der Waals surface area (Å²) >= 11 is 0. The molecule has 3 nitrogen and oxygen atoms in total. The van der Waals surface area contributed by atoms with Gasteiger partial charge in [0.15, 0.2) is 5.96 Å². The quantitative estimate of drug-likeness (QED) is 0.562. The third-order valence-electron chi connectivity index (χ3n) is 2.68. The summed E-state index contributed by atoms with van der Waals surface area (Å²) in [6.07, 6.45) is 3.17. The third-order valence-corrected chi connectivity index (χ3v) is 2.68. The molecule has 0 aromatic heterocycles. The Hall–Kier alpha value is -1.77. The molecule has 0 unspecified atom stereocenters. The Balaban J connectivity index is 2.08. The number of fused-ring (bicyclic) bond motifs is 1. The van der Waals surface area contributed by atoms with Crippen LogP contribution in [-0.2, 0) is 6.42 Å². The van der Waals surface area contributed by atoms with Gasteiger partial charge in [0, 0.05) is 13.6 Å². The first-order chi connectivity index (χ1) is 7.16. The van der Waals surface area contributed by atoms with E-state index in [-0.39, 0.29) is 5.96 Å². The van der Waals surface area contributed by atoms with Crippen LogP contribution in [0.2, 0.25) is 0 Å². The van der Waals surface area contributed by atoms with Crippen molar-refractivity contribution in [3.8, 4) is 0 Å². The first-order valence-corrected chi connectivity index (χ1v) is 4.99. The SMILES string of the molecule is CN(CC1=Cc2ccccc2C1)C(=N)N. The molecule has 2 rings (SSSR count). The number of nitrogens with one attached hydrogen (secondary N) is 1. The second kappa shape index (κ2) is 3.77. The molecule has 1 aliphatic rings. The highest BCUT2D eigenvalue weighted by molar-refractivity contribution is 5.75. The summed E-state index contributed by atoms with van der Waals surface area (Å²) in [7, 11) is 1.84. The highest BCUT2D eigenvalue weighted by Crippen LogP contribution is 2.24. The van der Waals surface area contributed by atoms with Crippen LogP contribution in [0, 0.1) is 5.41 Å². The van der Waals surface area contributed by atoms with E-state index < -0.39 is 0 Å². The van der Waals surface area contributed by atoms with Gasteiger partial charge in [0.2, 0.25) is 0 Å². The van der Waals surface area contributed by atoms with Crippen molar-refractivity contribution in [3.63, 3.8) is 0 Å². The predicted molar refractivity (Wildman–Crippen MR) is 62.7 cm³/mol. The molecule has 0 fully saturated rings. The number of benzene rings is 1. The Labute approximate surface area is 89.7 Å². The number of likely N-dealkylation sites (N-methyl/N-ethyl adjacent to an activating group) is 1. The van der Waals surface area contributed by atoms with Crippen LogP contribution in [0.3, 0.4) is 0 Å². The summed E-state index contributed by atoms with van der Waals surface area (Å²) in [5, 5.41) is 7.30. The second-order valence-electron chi connectivity index (χ2n) is 3.92. The van der Waals surface area contributed by atoms with Crippen molar-refractivity contribution in [2.75, 3.05) is 13.6 Å². The van der Waals surface area contributed by atoms with Gasteiger partial charge < -0.3 is 10.6 Å². The Bertz CT molecular complexity index is 421. The van der Waals surface area contributed by atoms with Crippen LogP contribution in [0.4, 0.5) is 0 Å². The van der Waals surface area contributed by atoms with Gasteiger partial charge in [-0.1, -0.05) is 30.3 Å². The summed E-state index contributed by atoms with van der Waals surface area (Å²) < 4.78 is 0. The molecule has 1 aromatic rings. The Morgan fingerprint density at radius 2 is 2.20 bits per heavy atom. The summed E-state index contributed by atoms with van der Waals surface area (Å²) in [6, 6.07) is 8.37. The van der Waals surface area contributed by atoms with Gasteiger partial charge in [-0.15, -0.1) is 0 Å². The molecule has 1 aliphatic carbocycles. The number of hydrogen-bond acceptors (Lipinski definition) is 1. The van der Waals surface area contributed by atoms with Crippen LogP contribution in [-0.4, -0.2) is 24.5 Å². The van der Waals surface area contributed by atoms with E-state index in [0.29, 0.717) is 0 Å². The van der Waals surface area contributed by atoms with Gasteiger partial charge in [0.05, 0.1) is 0 Å². The molecule has 0 amide bonds. The van der Waals surface area contributed by atoms with Gasteiger partial charge in [-0.25, -0.2) is 0 Å². The van der Waals surface area contributed by atoms with Crippen molar-refractivity contribution in [1.29, 1.82) is 5.41 Å². The minimum absolute atomic E-state index is 0.117. The standard InChI is InChI=1S/C12H15N3/c1-15(12(13)14)8-9-6-10-4-2-3-5-11(10)7-9/h2-6H,7-8H2,1H3,(H3,13,14). The number of guanidine groups is 1. The molecular formula is C12H15N3. The summed E-state index contributed by atoms with van der Waals surface area (Å²) in [5.41, 5.74) is 9.38. The monoisotopic (exact) mass is 201 g/mol. The van der Waals surface area contributed by atoms with E-state index in [4.69, 9.17) is 11.1 Å². The molecule has 3 heteroatoms. The van der Waals surface area contributed by atoms with Crippen LogP contribution in [0.5, 0.6) is 0 Å². The molecule has 0 saturated carbocycles. The Morgan fingerprint density at radius 1 is 1.47 bits per heavy atom. The highest BCUT2D eigenvalue weighted by Gasteiger charge is 2.13. The molecule has 0 aliphatic heterocycles. The molecule has 3 N–H and O–H groups in total. The average Bonchev–Trinajstić information content (AvgIpc) is 2.59. The lowest BCUT2D eigenvalue weighted by Crippen LogP contribution is -2.34. The summed E-state index contributed by atoms with van der Waals surface area (Å²) in [4.78, 5) is 1.75. The van der Waals surface area contributed by atoms with Crippen LogP contribution in [0.15, 0.2) is 29.8 Å². The molecule has 0 radical (unpaired) electrons. The lowest BCUT2D eigenvalue weighted by molar-refractivity contribution is 0.536. The zero-order chi connectivity index (χ0) is 10.8. The third kappa shape index (κ3) is 2.01. The Kier molecular flexibility index (Phi) is 2.46. The topological polar surface area (TPSA) is 53.1 Å². The van der Waals surface area contributed by atoms with Crippen LogP contribution >= 0.6 is 0 Å². The maximum Gasteiger partial charge on any atom is 0.188 e. The number of nitrogens with two attached hydrogens (primary N) is 1. The van der Waals surface area contributed by atoms with Gasteiger partial charge in [-0.05, 0) is 23.1 Å². The van der Waals surface area contributed by atoms with E-state index >= 15 is 0 Å². The fourth-order valence-electron chi connectivity index (χ4n) is 1.84. The number of hydrogen-bond donors (Lipinski definition) is 2. The lowest BCUT2D eigenvalue weighted by Gasteiger charge is -2.16. The van der Waals surface area contributed by atoms with E-state index in [1.165, 1.54) is 16.7 Å². The van der Waals surface area contributed by atoms with Gasteiger partial charge in [-0.3, -0.25) is 5.41 Å². The molecule has 1 aromatic carbocycles. The van der Waals surface area contributed by atoms with Gasteiger partial charge in [-0.2, -0.15) is 0 Å². The molecule has 0 saturated heterocycles. The zero-order valence-electron chi connectivity index (χ0n) is 8.83. The smallest absolute Gasteiger partial charge is 0.188 e. The van der Waals surface area contributed by atoms with Crippen molar-refractivity contribution in [2.24, 2.45) is 5.73 Å². The normalized spacial score (nSPS) is 13.3. The van der Waals surface area contributed by atoms with Crippen molar-refractivity contribution < 1.29 is 0 Å². The van der Waals surface area contributed by atoms with E-state index in [2.05, 4.69) is 24.3 Å². The minimum atomic E-state index is 0.117. The van der Waals surface area contributed by atoms with Crippen LogP contribution < -0.4 is 5.73 Å². The van der Waals surface area contributed by atoms with Gasteiger partial charge in [0.1, 0.15) is 0 Å². The number of nitrogens with zero attached hydrogens (tertiary/aromatic N) is 1. The maximum atomic E-state index is 7.30. The fourth-order valence-corrected chi connectivity index (χ4v) is 1.84. The maximum absolute atomic E-state index is 7.30. The van der Waals surface area contributed by atoms with Crippen molar-refractivity contribution in [1.82, 2.24) is 4.90 Å². The van der Waals surface area contributed by atoms with Gasteiger partial charge in [0.25, 0.3) is 0 Å². The zero-order valence-corrected chi connectivity index (χ0v) is 8.83. The molecule has 0 spiro atoms. The van der Waals surface area contributed by atoms with Crippen LogP contribution in [0.25, 0.3) is 6.08 Å². The van der Waals surface area contributed by atoms with Crippen molar-refractivity contribution in [2.45, 2.75) is 6.42 Å². The average molecular weight is 201 g/mol. The summed E-state index contributed by atoms with van der Waals surface area (Å²) in [5.74, 6) is 0.117. The second-order valence-corrected chi connectivity index (χ2v) is 3.92. The highest BCUT2D eigenvalue weighted by atomic mass is 15.2. The molecular weight excluding hydrogens is 186 g/mol. The number of rotatable bonds is 2. The van der Waals surface area contributed by atoms with Crippen molar-refractivity contribution in [3.05, 3.63) is 41.0 Å². The largest absolute Gasteiger partial charge is 0.370 e. The lowest BCUT2D eigenvalue weighted by atomic mass is 10.1. The van der Waals surface area contributed by atoms with E-state index in [9.17, 15) is 0 Å². The van der Waals surface area contributed by atoms with Gasteiger partial charge >= 0.3 is 0 Å². The minimum Gasteiger partial charge on any atom is -0.370 e. The summed E-state index contributed by atoms with van der Waals surface area (Å²) in [6.45, 7) is 0.740. The van der Waals surface area contributed by atoms with E-state index in [1.807, 2.05) is 13.1 Å².